The number of hydrogen-bond acceptors (Lipinski definition) is 9. The maximum Gasteiger partial charge on any atom is 0.333 e. The Morgan fingerprint density at radius 3 is 1.98 bits per heavy atom. The van der Waals surface area contributed by atoms with Crippen molar-refractivity contribution in [1.82, 2.24) is 5.32 Å². The Labute approximate surface area is 318 Å². The molecule has 0 aliphatic carbocycles. The third-order valence-electron chi connectivity index (χ3n) is 8.83. The monoisotopic (exact) mass is 777 g/mol. The topological polar surface area (TPSA) is 116 Å². The molecule has 303 valence electrons. The Morgan fingerprint density at radius 1 is 0.745 bits per heavy atom. The van der Waals surface area contributed by atoms with Crippen LogP contribution in [0.4, 0.5) is 0 Å². The first-order chi connectivity index (χ1) is 23.9. The van der Waals surface area contributed by atoms with Crippen LogP contribution in [0.5, 0.6) is 0 Å². The van der Waals surface area contributed by atoms with Gasteiger partial charge in [-0.05, 0) is 91.1 Å². The van der Waals surface area contributed by atoms with E-state index in [9.17, 15) is 15.0 Å². The molecule has 0 aromatic carbocycles. The van der Waals surface area contributed by atoms with Crippen LogP contribution in [0.25, 0.3) is 0 Å². The van der Waals surface area contributed by atoms with Crippen molar-refractivity contribution in [3.05, 3.63) is 12.2 Å². The minimum absolute atomic E-state index is 0.0853. The highest BCUT2D eigenvalue weighted by molar-refractivity contribution is 6.77. The summed E-state index contributed by atoms with van der Waals surface area (Å²) in [6.07, 6.45) is 11.3. The smallest absolute Gasteiger partial charge is 0.333 e. The molecule has 0 saturated carbocycles. The van der Waals surface area contributed by atoms with E-state index in [1.807, 2.05) is 0 Å². The molecule has 0 bridgehead atoms. The van der Waals surface area contributed by atoms with Gasteiger partial charge in [-0.15, -0.1) is 0 Å². The van der Waals surface area contributed by atoms with Crippen molar-refractivity contribution >= 4 is 31.2 Å². The highest BCUT2D eigenvalue weighted by atomic mass is 28.4. The number of carbonyl (C=O) groups excluding carboxylic acids is 1. The van der Waals surface area contributed by atoms with Crippen molar-refractivity contribution < 1.29 is 38.4 Å². The summed E-state index contributed by atoms with van der Waals surface area (Å²) >= 11 is 0. The second-order valence-electron chi connectivity index (χ2n) is 16.9. The van der Waals surface area contributed by atoms with Crippen molar-refractivity contribution in [2.75, 3.05) is 59.3 Å². The number of hydrogen-bond donors (Lipinski definition) is 3. The van der Waals surface area contributed by atoms with Crippen LogP contribution >= 0.6 is 0 Å². The number of carbonyl (C=O) groups is 1. The van der Waals surface area contributed by atoms with Gasteiger partial charge in [0.15, 0.2) is 8.32 Å². The zero-order chi connectivity index (χ0) is 38.6. The molecule has 0 amide bonds. The van der Waals surface area contributed by atoms with Gasteiger partial charge in [0.2, 0.25) is 0 Å². The molecule has 0 saturated heterocycles. The summed E-state index contributed by atoms with van der Waals surface area (Å²) in [4.78, 5) is 11.3. The molecule has 0 aliphatic heterocycles. The summed E-state index contributed by atoms with van der Waals surface area (Å²) in [6, 6.07) is 4.95. The second kappa shape index (κ2) is 29.9. The molecule has 0 heterocycles. The molecule has 2 atom stereocenters. The van der Waals surface area contributed by atoms with Crippen LogP contribution in [-0.2, 0) is 28.2 Å². The molecule has 0 aromatic heterocycles. The van der Waals surface area contributed by atoms with Gasteiger partial charge in [-0.25, -0.2) is 4.79 Å². The first-order valence-electron chi connectivity index (χ1n) is 20.1. The van der Waals surface area contributed by atoms with Crippen LogP contribution in [0.3, 0.4) is 0 Å². The highest BCUT2D eigenvalue weighted by Gasteiger charge is 2.36. The third-order valence-corrected chi connectivity index (χ3v) is 16.4. The molecule has 51 heavy (non-hydrogen) atoms. The molecule has 0 aliphatic rings. The van der Waals surface area contributed by atoms with Crippen LogP contribution in [-0.4, -0.2) is 119 Å². The minimum atomic E-state index is -1.77. The highest BCUT2D eigenvalue weighted by Crippen LogP contribution is 2.32. The van der Waals surface area contributed by atoms with Gasteiger partial charge in [-0.3, -0.25) is 0 Å². The zero-order valence-electron chi connectivity index (χ0n) is 34.7. The van der Waals surface area contributed by atoms with Crippen LogP contribution in [0, 0.1) is 0 Å². The summed E-state index contributed by atoms with van der Waals surface area (Å²) in [5.41, 5.74) is 0.256. The van der Waals surface area contributed by atoms with Gasteiger partial charge < -0.3 is 38.9 Å². The van der Waals surface area contributed by atoms with Crippen LogP contribution in [0.15, 0.2) is 12.2 Å². The maximum absolute atomic E-state index is 11.3. The second-order valence-corrected chi connectivity index (χ2v) is 29.3. The minimum Gasteiger partial charge on any atom is -0.460 e. The predicted molar refractivity (Wildman–Crippen MR) is 221 cm³/mol. The molecule has 1 radical (unpaired) electrons. The van der Waals surface area contributed by atoms with E-state index < -0.39 is 28.5 Å². The van der Waals surface area contributed by atoms with E-state index in [2.05, 4.69) is 65.0 Å². The molecule has 0 spiro atoms. The SMILES string of the molecule is C=C(C)C(=O)OCCOCC(O)COCCCCCCC[Si](C)(C)OC(C)(C)C[Si](C)(C)CCCOCC(O)CCCCCNCCC[Si](C)C. The van der Waals surface area contributed by atoms with Crippen molar-refractivity contribution in [2.24, 2.45) is 0 Å². The van der Waals surface area contributed by atoms with Crippen LogP contribution in [0.1, 0.15) is 91.4 Å². The Balaban J connectivity index is 3.91. The lowest BCUT2D eigenvalue weighted by Crippen LogP contribution is -2.45. The molecule has 12 heteroatoms. The summed E-state index contributed by atoms with van der Waals surface area (Å²) in [5.74, 6) is -0.433. The summed E-state index contributed by atoms with van der Waals surface area (Å²) in [5, 5.41) is 23.9. The molecular formula is C39H82NO8Si3. The molecule has 3 N–H and O–H groups in total. The first kappa shape index (κ1) is 50.6. The van der Waals surface area contributed by atoms with Gasteiger partial charge in [0.05, 0.1) is 40.6 Å². The standard InChI is InChI=1S/C39H82NO8Si3/c1-35(2)38(43)47-27-26-46-33-37(42)32-44-24-17-12-11-13-18-30-51(9,10)48-39(3,4)34-50(7,8)29-20-25-45-31-36(41)21-15-14-16-22-40-23-19-28-49(5)6/h36-37,40-42H,1,11-34H2,2-10H3. The van der Waals surface area contributed by atoms with Crippen molar-refractivity contribution in [1.29, 1.82) is 0 Å². The first-order valence-corrected chi connectivity index (χ1v) is 29.3. The molecule has 2 unspecified atom stereocenters. The van der Waals surface area contributed by atoms with Crippen LogP contribution in [0.2, 0.25) is 63.5 Å². The predicted octanol–water partition coefficient (Wildman–Crippen LogP) is 8.22. The van der Waals surface area contributed by atoms with Crippen molar-refractivity contribution in [2.45, 2.75) is 173 Å². The van der Waals surface area contributed by atoms with Gasteiger partial charge in [-0.1, -0.05) is 83.4 Å². The number of rotatable bonds is 36. The zero-order valence-corrected chi connectivity index (χ0v) is 37.7. The Bertz CT molecular complexity index is 875. The van der Waals surface area contributed by atoms with E-state index in [4.69, 9.17) is 23.4 Å². The largest absolute Gasteiger partial charge is 0.460 e. The summed E-state index contributed by atoms with van der Waals surface area (Å²) < 4.78 is 28.6. The third kappa shape index (κ3) is 33.9. The lowest BCUT2D eigenvalue weighted by molar-refractivity contribution is -0.140. The molecule has 0 fully saturated rings. The van der Waals surface area contributed by atoms with E-state index in [1.165, 1.54) is 56.7 Å². The van der Waals surface area contributed by atoms with E-state index >= 15 is 0 Å². The van der Waals surface area contributed by atoms with Crippen molar-refractivity contribution in [3.8, 4) is 0 Å². The molecule has 0 aromatic rings. The Kier molecular flexibility index (Phi) is 29.6. The Hall–Kier alpha value is -0.419. The average molecular weight is 777 g/mol. The van der Waals surface area contributed by atoms with Crippen LogP contribution < -0.4 is 5.32 Å². The van der Waals surface area contributed by atoms with Gasteiger partial charge in [-0.2, -0.15) is 0 Å². The van der Waals surface area contributed by atoms with Gasteiger partial charge in [0.25, 0.3) is 0 Å². The van der Waals surface area contributed by atoms with Gasteiger partial charge in [0.1, 0.15) is 12.7 Å². The van der Waals surface area contributed by atoms with Gasteiger partial charge in [0, 0.05) is 33.2 Å². The number of aliphatic hydroxyl groups excluding tert-OH is 2. The maximum atomic E-state index is 11.3. The number of aliphatic hydroxyl groups is 2. The molecule has 0 rings (SSSR count). The fourth-order valence-corrected chi connectivity index (χ4v) is 14.1. The lowest BCUT2D eigenvalue weighted by Gasteiger charge is -2.40. The summed E-state index contributed by atoms with van der Waals surface area (Å²) in [6.45, 7) is 29.0. The Morgan fingerprint density at radius 2 is 1.31 bits per heavy atom. The fourth-order valence-electron chi connectivity index (χ4n) is 6.62. The van der Waals surface area contributed by atoms with E-state index in [-0.39, 0.29) is 46.9 Å². The number of unbranched alkanes of at least 4 members (excludes halogenated alkanes) is 6. The van der Waals surface area contributed by atoms with Gasteiger partial charge >= 0.3 is 5.97 Å². The quantitative estimate of drug-likeness (QED) is 0.0251. The summed E-state index contributed by atoms with van der Waals surface area (Å²) in [7, 11) is -3.31. The molecule has 9 nitrogen and oxygen atoms in total. The van der Waals surface area contributed by atoms with E-state index in [0.717, 1.165) is 57.8 Å². The number of esters is 1. The molecular weight excluding hydrogens is 695 g/mol. The number of ether oxygens (including phenoxy) is 4. The van der Waals surface area contributed by atoms with E-state index in [1.54, 1.807) is 6.92 Å². The number of nitrogens with one attached hydrogen (secondary N) is 1. The van der Waals surface area contributed by atoms with E-state index in [0.29, 0.717) is 18.8 Å². The van der Waals surface area contributed by atoms with Crippen molar-refractivity contribution in [3.63, 3.8) is 0 Å². The fraction of sp³-hybridized carbons (Fsp3) is 0.923. The normalized spacial score (nSPS) is 13.9. The average Bonchev–Trinajstić information content (AvgIpc) is 3.01. The lowest BCUT2D eigenvalue weighted by atomic mass is 10.1.